The number of phenolic OH excluding ortho intramolecular Hbond substituents is 1. The Morgan fingerprint density at radius 1 is 0.864 bits per heavy atom. The molecular formula is C19H18N2O. The van der Waals surface area contributed by atoms with Crippen molar-refractivity contribution in [3.8, 4) is 22.7 Å². The Morgan fingerprint density at radius 3 is 2.36 bits per heavy atom. The third-order valence-corrected chi connectivity index (χ3v) is 4.32. The lowest BCUT2D eigenvalue weighted by atomic mass is 9.93. The highest BCUT2D eigenvalue weighted by Gasteiger charge is 2.22. The molecule has 0 atom stereocenters. The highest BCUT2D eigenvalue weighted by atomic mass is 16.3. The van der Waals surface area contributed by atoms with Crippen LogP contribution < -0.4 is 0 Å². The molecule has 1 aliphatic rings. The van der Waals surface area contributed by atoms with Gasteiger partial charge in [0.25, 0.3) is 0 Å². The van der Waals surface area contributed by atoms with Gasteiger partial charge in [0, 0.05) is 16.8 Å². The fraction of sp³-hybridized carbons (Fsp3) is 0.211. The molecule has 0 unspecified atom stereocenters. The molecule has 3 nitrogen and oxygen atoms in total. The second-order valence-electron chi connectivity index (χ2n) is 5.78. The van der Waals surface area contributed by atoms with Crippen molar-refractivity contribution in [1.82, 2.24) is 9.78 Å². The molecule has 1 aliphatic carbocycles. The normalized spacial score (nSPS) is 13.8. The molecule has 0 aliphatic heterocycles. The molecule has 0 amide bonds. The summed E-state index contributed by atoms with van der Waals surface area (Å²) in [5, 5.41) is 14.4. The standard InChI is InChI=1S/C19H18N2O/c22-16-12-10-14(11-13-16)19-17-8-4-5-9-18(17)21(20-19)15-6-2-1-3-7-15/h1-3,6-7,10-13,22H,4-5,8-9H2. The molecule has 0 radical (unpaired) electrons. The summed E-state index contributed by atoms with van der Waals surface area (Å²) >= 11 is 0. The fourth-order valence-electron chi connectivity index (χ4n) is 3.23. The molecule has 0 spiro atoms. The van der Waals surface area contributed by atoms with Crippen LogP contribution in [0.15, 0.2) is 54.6 Å². The summed E-state index contributed by atoms with van der Waals surface area (Å²) in [5.41, 5.74) is 5.94. The van der Waals surface area contributed by atoms with Gasteiger partial charge in [-0.2, -0.15) is 5.10 Å². The van der Waals surface area contributed by atoms with Crippen LogP contribution in [0.4, 0.5) is 0 Å². The molecule has 2 aromatic carbocycles. The van der Waals surface area contributed by atoms with Crippen LogP contribution >= 0.6 is 0 Å². The molecule has 1 aromatic heterocycles. The van der Waals surface area contributed by atoms with Gasteiger partial charge >= 0.3 is 0 Å². The van der Waals surface area contributed by atoms with E-state index in [2.05, 4.69) is 16.8 Å². The predicted molar refractivity (Wildman–Crippen MR) is 87.3 cm³/mol. The first kappa shape index (κ1) is 13.1. The summed E-state index contributed by atoms with van der Waals surface area (Å²) in [7, 11) is 0. The second-order valence-corrected chi connectivity index (χ2v) is 5.78. The Morgan fingerprint density at radius 2 is 1.59 bits per heavy atom. The fourth-order valence-corrected chi connectivity index (χ4v) is 3.23. The number of nitrogens with zero attached hydrogens (tertiary/aromatic N) is 2. The third kappa shape index (κ3) is 2.19. The molecule has 3 heteroatoms. The van der Waals surface area contributed by atoms with Crippen molar-refractivity contribution in [2.75, 3.05) is 0 Å². The van der Waals surface area contributed by atoms with Crippen molar-refractivity contribution in [2.45, 2.75) is 25.7 Å². The van der Waals surface area contributed by atoms with E-state index in [1.165, 1.54) is 24.1 Å². The van der Waals surface area contributed by atoms with Crippen LogP contribution in [0, 0.1) is 0 Å². The van der Waals surface area contributed by atoms with E-state index in [0.29, 0.717) is 5.75 Å². The van der Waals surface area contributed by atoms with Gasteiger partial charge < -0.3 is 5.11 Å². The number of rotatable bonds is 2. The van der Waals surface area contributed by atoms with Crippen LogP contribution in [0.2, 0.25) is 0 Å². The van der Waals surface area contributed by atoms with E-state index < -0.39 is 0 Å². The molecule has 0 fully saturated rings. The first-order chi connectivity index (χ1) is 10.8. The van der Waals surface area contributed by atoms with Crippen LogP contribution in [0.5, 0.6) is 5.75 Å². The Bertz CT molecular complexity index is 788. The smallest absolute Gasteiger partial charge is 0.115 e. The van der Waals surface area contributed by atoms with E-state index in [-0.39, 0.29) is 0 Å². The van der Waals surface area contributed by atoms with Crippen LogP contribution in [0.1, 0.15) is 24.1 Å². The van der Waals surface area contributed by atoms with Crippen molar-refractivity contribution in [1.29, 1.82) is 0 Å². The SMILES string of the molecule is Oc1ccc(-c2nn(-c3ccccc3)c3c2CCCC3)cc1. The number of benzene rings is 2. The van der Waals surface area contributed by atoms with E-state index in [0.717, 1.165) is 29.8 Å². The summed E-state index contributed by atoms with van der Waals surface area (Å²) < 4.78 is 2.09. The van der Waals surface area contributed by atoms with Gasteiger partial charge in [-0.1, -0.05) is 18.2 Å². The topological polar surface area (TPSA) is 38.1 Å². The maximum absolute atomic E-state index is 9.50. The molecule has 0 bridgehead atoms. The molecule has 1 N–H and O–H groups in total. The average Bonchev–Trinajstić information content (AvgIpc) is 2.96. The van der Waals surface area contributed by atoms with Gasteiger partial charge in [-0.25, -0.2) is 4.68 Å². The lowest BCUT2D eigenvalue weighted by molar-refractivity contribution is 0.475. The molecule has 3 aromatic rings. The highest BCUT2D eigenvalue weighted by Crippen LogP contribution is 2.33. The second kappa shape index (κ2) is 5.34. The van der Waals surface area contributed by atoms with E-state index in [1.807, 2.05) is 30.3 Å². The summed E-state index contributed by atoms with van der Waals surface area (Å²) in [5.74, 6) is 0.292. The first-order valence-electron chi connectivity index (χ1n) is 7.78. The minimum Gasteiger partial charge on any atom is -0.508 e. The Labute approximate surface area is 129 Å². The maximum Gasteiger partial charge on any atom is 0.115 e. The van der Waals surface area contributed by atoms with Crippen LogP contribution in [0.3, 0.4) is 0 Å². The predicted octanol–water partition coefficient (Wildman–Crippen LogP) is 4.12. The highest BCUT2D eigenvalue weighted by molar-refractivity contribution is 5.66. The van der Waals surface area contributed by atoms with Gasteiger partial charge in [-0.3, -0.25) is 0 Å². The molecule has 0 saturated heterocycles. The molecule has 1 heterocycles. The number of hydrogen-bond acceptors (Lipinski definition) is 2. The van der Waals surface area contributed by atoms with Crippen molar-refractivity contribution in [2.24, 2.45) is 0 Å². The number of para-hydroxylation sites is 1. The molecule has 110 valence electrons. The lowest BCUT2D eigenvalue weighted by Gasteiger charge is -2.14. The van der Waals surface area contributed by atoms with E-state index in [4.69, 9.17) is 5.10 Å². The summed E-state index contributed by atoms with van der Waals surface area (Å²) in [6.07, 6.45) is 4.60. The quantitative estimate of drug-likeness (QED) is 0.771. The summed E-state index contributed by atoms with van der Waals surface area (Å²) in [6, 6.07) is 17.7. The Balaban J connectivity index is 1.89. The number of phenols is 1. The number of aromatic hydroxyl groups is 1. The molecule has 4 rings (SSSR count). The summed E-state index contributed by atoms with van der Waals surface area (Å²) in [4.78, 5) is 0. The number of aromatic nitrogens is 2. The Kier molecular flexibility index (Phi) is 3.19. The maximum atomic E-state index is 9.50. The van der Waals surface area contributed by atoms with Gasteiger partial charge in [0.15, 0.2) is 0 Å². The van der Waals surface area contributed by atoms with E-state index in [1.54, 1.807) is 12.1 Å². The minimum atomic E-state index is 0.292. The van der Waals surface area contributed by atoms with Gasteiger partial charge in [0.05, 0.1) is 11.4 Å². The lowest BCUT2D eigenvalue weighted by Crippen LogP contribution is -2.07. The Hall–Kier alpha value is -2.55. The zero-order valence-electron chi connectivity index (χ0n) is 12.4. The average molecular weight is 290 g/mol. The van der Waals surface area contributed by atoms with Crippen LogP contribution in [0.25, 0.3) is 16.9 Å². The first-order valence-corrected chi connectivity index (χ1v) is 7.78. The van der Waals surface area contributed by atoms with Gasteiger partial charge in [-0.15, -0.1) is 0 Å². The largest absolute Gasteiger partial charge is 0.508 e. The number of fused-ring (bicyclic) bond motifs is 1. The zero-order chi connectivity index (χ0) is 14.9. The van der Waals surface area contributed by atoms with Gasteiger partial charge in [0.2, 0.25) is 0 Å². The number of hydrogen-bond donors (Lipinski definition) is 1. The minimum absolute atomic E-state index is 0.292. The monoisotopic (exact) mass is 290 g/mol. The van der Waals surface area contributed by atoms with Gasteiger partial charge in [-0.05, 0) is 62.1 Å². The summed E-state index contributed by atoms with van der Waals surface area (Å²) in [6.45, 7) is 0. The van der Waals surface area contributed by atoms with Crippen LogP contribution in [-0.4, -0.2) is 14.9 Å². The molecular weight excluding hydrogens is 272 g/mol. The van der Waals surface area contributed by atoms with Crippen molar-refractivity contribution in [3.05, 3.63) is 65.9 Å². The van der Waals surface area contributed by atoms with Crippen molar-refractivity contribution >= 4 is 0 Å². The molecule has 22 heavy (non-hydrogen) atoms. The van der Waals surface area contributed by atoms with Crippen molar-refractivity contribution < 1.29 is 5.11 Å². The van der Waals surface area contributed by atoms with E-state index in [9.17, 15) is 5.11 Å². The van der Waals surface area contributed by atoms with Crippen LogP contribution in [-0.2, 0) is 12.8 Å². The van der Waals surface area contributed by atoms with Crippen molar-refractivity contribution in [3.63, 3.8) is 0 Å². The molecule has 0 saturated carbocycles. The zero-order valence-corrected chi connectivity index (χ0v) is 12.4. The third-order valence-electron chi connectivity index (χ3n) is 4.32. The van der Waals surface area contributed by atoms with Gasteiger partial charge in [0.1, 0.15) is 5.75 Å². The van der Waals surface area contributed by atoms with E-state index >= 15 is 0 Å².